The molecule has 1 spiro atoms. The molecule has 11 rings (SSSR count). The summed E-state index contributed by atoms with van der Waals surface area (Å²) in [4.78, 5) is 47.8. The van der Waals surface area contributed by atoms with E-state index >= 15 is 0 Å². The lowest BCUT2D eigenvalue weighted by atomic mass is 9.60. The number of rotatable bonds is 10. The quantitative estimate of drug-likeness (QED) is 0.145. The molecule has 0 atom stereocenters. The van der Waals surface area contributed by atoms with Gasteiger partial charge in [0.15, 0.2) is 17.3 Å². The van der Waals surface area contributed by atoms with E-state index in [0.717, 1.165) is 92.8 Å². The summed E-state index contributed by atoms with van der Waals surface area (Å²) < 4.78 is 39.4. The number of alkyl halides is 2. The normalized spacial score (nSPS) is 21.0. The number of amides is 3. The smallest absolute Gasteiger partial charge is 0.272 e. The summed E-state index contributed by atoms with van der Waals surface area (Å²) in [5.41, 5.74) is 5.67. The highest BCUT2D eigenvalue weighted by atomic mass is 35.5. The zero-order valence-electron chi connectivity index (χ0n) is 40.0. The Hall–Kier alpha value is -6.61. The van der Waals surface area contributed by atoms with Crippen LogP contribution in [0.1, 0.15) is 116 Å². The summed E-state index contributed by atoms with van der Waals surface area (Å²) in [6.45, 7) is 6.04. The van der Waals surface area contributed by atoms with E-state index in [0.29, 0.717) is 85.3 Å². The van der Waals surface area contributed by atoms with Gasteiger partial charge >= 0.3 is 0 Å². The van der Waals surface area contributed by atoms with Crippen LogP contribution in [0.4, 0.5) is 26.1 Å². The molecule has 0 radical (unpaired) electrons. The highest BCUT2D eigenvalue weighted by Crippen LogP contribution is 2.56. The number of ether oxygens (including phenoxy) is 1. The van der Waals surface area contributed by atoms with Crippen LogP contribution in [0.3, 0.4) is 0 Å². The average Bonchev–Trinajstić information content (AvgIpc) is 3.96. The first-order valence-electron chi connectivity index (χ1n) is 24.9. The van der Waals surface area contributed by atoms with Crippen LogP contribution < -0.4 is 19.9 Å². The second-order valence-corrected chi connectivity index (χ2v) is 20.9. The maximum Gasteiger partial charge on any atom is 0.272 e. The molecule has 1 N–H and O–H groups in total. The van der Waals surface area contributed by atoms with E-state index in [1.165, 1.54) is 0 Å². The molecule has 6 aliphatic rings. The van der Waals surface area contributed by atoms with Gasteiger partial charge in [-0.05, 0) is 112 Å². The van der Waals surface area contributed by atoms with Crippen molar-refractivity contribution in [3.8, 4) is 22.9 Å². The fraction of sp³-hybridized carbons (Fsp3) is 0.500. The maximum absolute atomic E-state index is 14.8. The van der Waals surface area contributed by atoms with E-state index in [1.807, 2.05) is 21.9 Å². The topological polar surface area (TPSA) is 171 Å². The molecule has 2 aromatic carbocycles. The van der Waals surface area contributed by atoms with E-state index in [1.54, 1.807) is 61.4 Å². The number of hydrogen-bond donors (Lipinski definition) is 1. The Morgan fingerprint density at radius 2 is 1.73 bits per heavy atom. The molecule has 0 unspecified atom stereocenters. The van der Waals surface area contributed by atoms with Gasteiger partial charge in [0, 0.05) is 117 Å². The van der Waals surface area contributed by atoms with E-state index in [4.69, 9.17) is 26.7 Å². The SMILES string of the molecule is CC(=O)N1CCc2c(c(N3CCCc4cc(-c5cnn(C)c5)c(C(F)F)cc43)nn2C2CC3(C2)CN(C(=O)C2CCN(c4ccc(C(=O)NC5CCC(Oc6ccc(C#N)c(Cl)c6)CC5)nn4)CC2)C3)C1. The van der Waals surface area contributed by atoms with Crippen LogP contribution >= 0.6 is 11.6 Å². The maximum atomic E-state index is 14.8. The van der Waals surface area contributed by atoms with Crippen molar-refractivity contribution >= 4 is 46.6 Å². The minimum absolute atomic E-state index is 0.0000522. The number of nitriles is 1. The number of likely N-dealkylation sites (tertiary alicyclic amines) is 1. The molecule has 16 nitrogen and oxygen atoms in total. The number of carbonyl (C=O) groups is 3. The lowest BCUT2D eigenvalue weighted by molar-refractivity contribution is -0.159. The molecule has 0 bridgehead atoms. The number of nitrogens with one attached hydrogen (secondary N) is 1. The predicted octanol–water partition coefficient (Wildman–Crippen LogP) is 7.73. The van der Waals surface area contributed by atoms with E-state index in [9.17, 15) is 23.2 Å². The zero-order valence-corrected chi connectivity index (χ0v) is 40.8. The summed E-state index contributed by atoms with van der Waals surface area (Å²) >= 11 is 6.17. The molecule has 4 fully saturated rings. The summed E-state index contributed by atoms with van der Waals surface area (Å²) in [5.74, 6) is 1.94. The van der Waals surface area contributed by atoms with E-state index < -0.39 is 6.43 Å². The average molecular weight is 988 g/mol. The Labute approximate surface area is 415 Å². The standard InChI is InChI=1S/C52H57ClF2N12O4/c1-31(68)64-19-15-45-42(28-64)49(66-16-3-4-33-20-40(35-26-57-62(2)27-35)41(48(54)55)22-46(33)66)61-67(45)37-23-52(24-37)29-65(30-52)51(70)32-13-17-63(18-14-32)47-12-11-44(59-60-47)50(69)58-36-6-9-38(10-7-36)71-39-8-5-34(25-56)43(53)21-39/h5,8,11-12,20-22,26-27,32,36-38,48H,3-4,6-7,9-10,13-19,23-24,28-30H2,1-2H3,(H,58,69). The van der Waals surface area contributed by atoms with Gasteiger partial charge in [-0.2, -0.15) is 15.5 Å². The van der Waals surface area contributed by atoms with Gasteiger partial charge in [-0.25, -0.2) is 8.78 Å². The van der Waals surface area contributed by atoms with Gasteiger partial charge in [0.2, 0.25) is 11.8 Å². The van der Waals surface area contributed by atoms with Crippen LogP contribution in [0.15, 0.2) is 54.9 Å². The molecule has 2 saturated carbocycles. The van der Waals surface area contributed by atoms with Crippen molar-refractivity contribution in [1.29, 1.82) is 5.26 Å². The van der Waals surface area contributed by atoms with Crippen molar-refractivity contribution in [1.82, 2.24) is 44.9 Å². The number of piperidine rings is 1. The van der Waals surface area contributed by atoms with Gasteiger partial charge in [-0.1, -0.05) is 11.6 Å². The number of halogens is 3. The lowest BCUT2D eigenvalue weighted by Crippen LogP contribution is -2.65. The molecule has 370 valence electrons. The van der Waals surface area contributed by atoms with E-state index in [2.05, 4.69) is 41.2 Å². The first-order valence-corrected chi connectivity index (χ1v) is 25.3. The largest absolute Gasteiger partial charge is 0.490 e. The second-order valence-electron chi connectivity index (χ2n) is 20.5. The predicted molar refractivity (Wildman–Crippen MR) is 261 cm³/mol. The Morgan fingerprint density at radius 3 is 2.41 bits per heavy atom. The molecule has 19 heteroatoms. The minimum atomic E-state index is -2.68. The van der Waals surface area contributed by atoms with Crippen LogP contribution in [0, 0.1) is 22.7 Å². The Morgan fingerprint density at radius 1 is 0.944 bits per heavy atom. The van der Waals surface area contributed by atoms with Gasteiger partial charge in [0.25, 0.3) is 12.3 Å². The van der Waals surface area contributed by atoms with Crippen molar-refractivity contribution in [2.75, 3.05) is 49.1 Å². The van der Waals surface area contributed by atoms with Crippen molar-refractivity contribution in [2.45, 2.75) is 109 Å². The molecule has 2 saturated heterocycles. The van der Waals surface area contributed by atoms with Gasteiger partial charge in [0.05, 0.1) is 35.5 Å². The van der Waals surface area contributed by atoms with Gasteiger partial charge in [-0.15, -0.1) is 10.2 Å². The first-order chi connectivity index (χ1) is 34.3. The van der Waals surface area contributed by atoms with Crippen molar-refractivity contribution < 1.29 is 27.9 Å². The van der Waals surface area contributed by atoms with Gasteiger partial charge in [-0.3, -0.25) is 23.7 Å². The molecule has 3 amide bonds. The summed E-state index contributed by atoms with van der Waals surface area (Å²) in [6.07, 6.45) is 9.27. The van der Waals surface area contributed by atoms with Crippen molar-refractivity contribution in [3.63, 3.8) is 0 Å². The third-order valence-corrected chi connectivity index (χ3v) is 16.2. The number of hydrogen-bond acceptors (Lipinski definition) is 11. The van der Waals surface area contributed by atoms with E-state index in [-0.39, 0.29) is 58.5 Å². The van der Waals surface area contributed by atoms with Crippen LogP contribution in [0.5, 0.6) is 5.75 Å². The second kappa shape index (κ2) is 18.9. The summed E-state index contributed by atoms with van der Waals surface area (Å²) in [7, 11) is 1.78. The van der Waals surface area contributed by atoms with Crippen LogP contribution in [0.25, 0.3) is 11.1 Å². The highest BCUT2D eigenvalue weighted by Gasteiger charge is 2.56. The minimum Gasteiger partial charge on any atom is -0.490 e. The zero-order chi connectivity index (χ0) is 49.1. The first kappa shape index (κ1) is 46.8. The van der Waals surface area contributed by atoms with Crippen molar-refractivity contribution in [2.24, 2.45) is 18.4 Å². The fourth-order valence-corrected chi connectivity index (χ4v) is 12.2. The Kier molecular flexibility index (Phi) is 12.4. The molecule has 5 aromatic rings. The molecule has 71 heavy (non-hydrogen) atoms. The lowest BCUT2D eigenvalue weighted by Gasteiger charge is -2.59. The molecule has 3 aromatic heterocycles. The Bertz CT molecular complexity index is 2910. The van der Waals surface area contributed by atoms with Crippen molar-refractivity contribution in [3.05, 3.63) is 93.5 Å². The number of aromatic nitrogens is 6. The summed E-state index contributed by atoms with van der Waals surface area (Å²) in [5, 5.41) is 30.8. The third kappa shape index (κ3) is 9.06. The number of carbonyl (C=O) groups excluding carboxylic acids is 3. The van der Waals surface area contributed by atoms with Crippen LogP contribution in [0.2, 0.25) is 5.02 Å². The number of fused-ring (bicyclic) bond motifs is 2. The third-order valence-electron chi connectivity index (χ3n) is 15.9. The number of nitrogens with zero attached hydrogens (tertiary/aromatic N) is 11. The number of anilines is 3. The monoisotopic (exact) mass is 986 g/mol. The molecular formula is C52H57ClF2N12O4. The molecule has 4 aliphatic heterocycles. The van der Waals surface area contributed by atoms with Crippen LogP contribution in [-0.2, 0) is 36.0 Å². The molecule has 2 aliphatic carbocycles. The van der Waals surface area contributed by atoms with Crippen LogP contribution in [-0.4, -0.2) is 109 Å². The molecular weight excluding hydrogens is 930 g/mol. The fourth-order valence-electron chi connectivity index (χ4n) is 12.0. The highest BCUT2D eigenvalue weighted by molar-refractivity contribution is 6.31. The number of benzene rings is 2. The Balaban J connectivity index is 0.676. The van der Waals surface area contributed by atoms with Gasteiger partial charge in [0.1, 0.15) is 11.8 Å². The van der Waals surface area contributed by atoms with Gasteiger partial charge < -0.3 is 29.7 Å². The summed E-state index contributed by atoms with van der Waals surface area (Å²) in [6, 6.07) is 14.4. The molecule has 7 heterocycles. The number of aryl methyl sites for hydroxylation is 2.